The highest BCUT2D eigenvalue weighted by molar-refractivity contribution is 7.09. The van der Waals surface area contributed by atoms with Gasteiger partial charge < -0.3 is 11.1 Å². The van der Waals surface area contributed by atoms with Gasteiger partial charge in [0.2, 0.25) is 0 Å². The molecule has 0 amide bonds. The summed E-state index contributed by atoms with van der Waals surface area (Å²) in [6.07, 6.45) is 1.88. The van der Waals surface area contributed by atoms with E-state index in [4.69, 9.17) is 5.73 Å². The zero-order chi connectivity index (χ0) is 12.1. The average molecular weight is 248 g/mol. The van der Waals surface area contributed by atoms with Gasteiger partial charge in [-0.3, -0.25) is 0 Å². The summed E-state index contributed by atoms with van der Waals surface area (Å²) in [5, 5.41) is 5.33. The van der Waals surface area contributed by atoms with Gasteiger partial charge >= 0.3 is 0 Å². The predicted molar refractivity (Wildman–Crippen MR) is 72.1 cm³/mol. The van der Waals surface area contributed by atoms with Crippen molar-refractivity contribution in [3.05, 3.63) is 34.3 Å². The standard InChI is InChI=1S/C12H16N4S/c1-2-4-11-15-10(13)7-12(16-11)14-8-9-5-3-6-17-9/h3,5-7H,2,4,8H2,1H3,(H3,13,14,15,16). The highest BCUT2D eigenvalue weighted by Crippen LogP contribution is 2.13. The first-order chi connectivity index (χ1) is 8.28. The second kappa shape index (κ2) is 5.63. The van der Waals surface area contributed by atoms with Crippen LogP contribution < -0.4 is 11.1 Å². The van der Waals surface area contributed by atoms with E-state index < -0.39 is 0 Å². The third-order valence-corrected chi connectivity index (χ3v) is 3.17. The highest BCUT2D eigenvalue weighted by Gasteiger charge is 2.02. The summed E-state index contributed by atoms with van der Waals surface area (Å²) in [7, 11) is 0. The molecular weight excluding hydrogens is 232 g/mol. The van der Waals surface area contributed by atoms with Crippen molar-refractivity contribution in [2.75, 3.05) is 11.1 Å². The maximum Gasteiger partial charge on any atom is 0.133 e. The zero-order valence-electron chi connectivity index (χ0n) is 9.81. The number of thiophene rings is 1. The number of nitrogen functional groups attached to an aromatic ring is 1. The molecule has 2 aromatic heterocycles. The molecule has 0 unspecified atom stereocenters. The highest BCUT2D eigenvalue weighted by atomic mass is 32.1. The van der Waals surface area contributed by atoms with Crippen LogP contribution in [0.4, 0.5) is 11.6 Å². The number of rotatable bonds is 5. The lowest BCUT2D eigenvalue weighted by molar-refractivity contribution is 0.837. The molecule has 0 radical (unpaired) electrons. The monoisotopic (exact) mass is 248 g/mol. The molecule has 3 N–H and O–H groups in total. The van der Waals surface area contributed by atoms with Crippen LogP contribution >= 0.6 is 11.3 Å². The summed E-state index contributed by atoms with van der Waals surface area (Å²) >= 11 is 1.72. The topological polar surface area (TPSA) is 63.8 Å². The Labute approximate surface area is 105 Å². The summed E-state index contributed by atoms with van der Waals surface area (Å²) < 4.78 is 0. The summed E-state index contributed by atoms with van der Waals surface area (Å²) in [6.45, 7) is 2.88. The number of nitrogens with one attached hydrogen (secondary N) is 1. The van der Waals surface area contributed by atoms with Gasteiger partial charge in [-0.15, -0.1) is 11.3 Å². The maximum absolute atomic E-state index is 5.75. The van der Waals surface area contributed by atoms with Gasteiger partial charge in [-0.2, -0.15) is 0 Å². The second-order valence-corrected chi connectivity index (χ2v) is 4.81. The van der Waals surface area contributed by atoms with Crippen LogP contribution in [0.1, 0.15) is 24.0 Å². The van der Waals surface area contributed by atoms with Crippen LogP contribution in [0.2, 0.25) is 0 Å². The Morgan fingerprint density at radius 3 is 3.00 bits per heavy atom. The number of aromatic nitrogens is 2. The van der Waals surface area contributed by atoms with Crippen LogP contribution in [0, 0.1) is 0 Å². The van der Waals surface area contributed by atoms with Crippen LogP contribution in [0.3, 0.4) is 0 Å². The molecule has 0 bridgehead atoms. The Bertz CT molecular complexity index is 467. The Balaban J connectivity index is 2.04. The normalized spacial score (nSPS) is 10.4. The molecule has 0 saturated carbocycles. The van der Waals surface area contributed by atoms with Crippen LogP contribution in [0.15, 0.2) is 23.6 Å². The lowest BCUT2D eigenvalue weighted by Crippen LogP contribution is -2.05. The fraction of sp³-hybridized carbons (Fsp3) is 0.333. The molecule has 5 heteroatoms. The van der Waals surface area contributed by atoms with E-state index in [9.17, 15) is 0 Å². The van der Waals surface area contributed by atoms with Crippen LogP contribution in [-0.4, -0.2) is 9.97 Å². The van der Waals surface area contributed by atoms with Crippen molar-refractivity contribution in [1.29, 1.82) is 0 Å². The molecule has 17 heavy (non-hydrogen) atoms. The van der Waals surface area contributed by atoms with Crippen LogP contribution in [0.5, 0.6) is 0 Å². The van der Waals surface area contributed by atoms with Gasteiger partial charge in [-0.05, 0) is 17.9 Å². The first-order valence-electron chi connectivity index (χ1n) is 5.67. The van der Waals surface area contributed by atoms with Gasteiger partial charge in [0.1, 0.15) is 17.5 Å². The fourth-order valence-electron chi connectivity index (χ4n) is 1.53. The molecule has 90 valence electrons. The number of hydrogen-bond donors (Lipinski definition) is 2. The van der Waals surface area contributed by atoms with E-state index >= 15 is 0 Å². The lowest BCUT2D eigenvalue weighted by Gasteiger charge is -2.07. The molecule has 4 nitrogen and oxygen atoms in total. The quantitative estimate of drug-likeness (QED) is 0.854. The van der Waals surface area contributed by atoms with Crippen molar-refractivity contribution < 1.29 is 0 Å². The van der Waals surface area contributed by atoms with Gasteiger partial charge in [0.05, 0.1) is 6.54 Å². The van der Waals surface area contributed by atoms with E-state index in [1.54, 1.807) is 17.4 Å². The van der Waals surface area contributed by atoms with E-state index in [1.807, 2.05) is 6.07 Å². The fourth-order valence-corrected chi connectivity index (χ4v) is 2.18. The lowest BCUT2D eigenvalue weighted by atomic mass is 10.3. The number of nitrogens with two attached hydrogens (primary N) is 1. The third kappa shape index (κ3) is 3.42. The Hall–Kier alpha value is -1.62. The molecule has 0 aromatic carbocycles. The Morgan fingerprint density at radius 1 is 1.41 bits per heavy atom. The summed E-state index contributed by atoms with van der Waals surface area (Å²) in [5.74, 6) is 2.13. The summed E-state index contributed by atoms with van der Waals surface area (Å²) in [6, 6.07) is 5.90. The molecule has 0 aliphatic heterocycles. The smallest absolute Gasteiger partial charge is 0.133 e. The molecule has 0 aliphatic carbocycles. The van der Waals surface area contributed by atoms with E-state index in [1.165, 1.54) is 4.88 Å². The van der Waals surface area contributed by atoms with E-state index in [-0.39, 0.29) is 0 Å². The van der Waals surface area contributed by atoms with Crippen molar-refractivity contribution in [3.63, 3.8) is 0 Å². The van der Waals surface area contributed by atoms with Crippen molar-refractivity contribution in [2.24, 2.45) is 0 Å². The molecule has 0 saturated heterocycles. The molecule has 2 aromatic rings. The van der Waals surface area contributed by atoms with Gasteiger partial charge in [0.15, 0.2) is 0 Å². The van der Waals surface area contributed by atoms with Crippen molar-refractivity contribution in [3.8, 4) is 0 Å². The van der Waals surface area contributed by atoms with Crippen LogP contribution in [-0.2, 0) is 13.0 Å². The van der Waals surface area contributed by atoms with E-state index in [0.29, 0.717) is 5.82 Å². The molecule has 0 aliphatic rings. The SMILES string of the molecule is CCCc1nc(N)cc(NCc2cccs2)n1. The first-order valence-corrected chi connectivity index (χ1v) is 6.55. The number of hydrogen-bond acceptors (Lipinski definition) is 5. The third-order valence-electron chi connectivity index (χ3n) is 2.29. The summed E-state index contributed by atoms with van der Waals surface area (Å²) in [4.78, 5) is 9.90. The minimum absolute atomic E-state index is 0.525. The Kier molecular flexibility index (Phi) is 3.93. The maximum atomic E-state index is 5.75. The number of nitrogens with zero attached hydrogens (tertiary/aromatic N) is 2. The molecule has 0 fully saturated rings. The van der Waals surface area contributed by atoms with Crippen molar-refractivity contribution in [2.45, 2.75) is 26.3 Å². The van der Waals surface area contributed by atoms with Gasteiger partial charge in [-0.25, -0.2) is 9.97 Å². The second-order valence-electron chi connectivity index (χ2n) is 3.78. The molecule has 0 atom stereocenters. The predicted octanol–water partition coefficient (Wildman–Crippen LogP) is 2.68. The van der Waals surface area contributed by atoms with Crippen LogP contribution in [0.25, 0.3) is 0 Å². The first kappa shape index (κ1) is 11.9. The Morgan fingerprint density at radius 2 is 2.29 bits per heavy atom. The van der Waals surface area contributed by atoms with E-state index in [2.05, 4.69) is 33.7 Å². The molecule has 0 spiro atoms. The molecule has 2 rings (SSSR count). The largest absolute Gasteiger partial charge is 0.384 e. The van der Waals surface area contributed by atoms with Crippen molar-refractivity contribution in [1.82, 2.24) is 9.97 Å². The minimum atomic E-state index is 0.525. The molecular formula is C12H16N4S. The van der Waals surface area contributed by atoms with Crippen molar-refractivity contribution >= 4 is 23.0 Å². The van der Waals surface area contributed by atoms with Gasteiger partial charge in [0, 0.05) is 17.4 Å². The van der Waals surface area contributed by atoms with E-state index in [0.717, 1.165) is 31.0 Å². The van der Waals surface area contributed by atoms with Gasteiger partial charge in [0.25, 0.3) is 0 Å². The van der Waals surface area contributed by atoms with Gasteiger partial charge in [-0.1, -0.05) is 13.0 Å². The number of anilines is 2. The zero-order valence-corrected chi connectivity index (χ0v) is 10.6. The number of aryl methyl sites for hydroxylation is 1. The summed E-state index contributed by atoms with van der Waals surface area (Å²) in [5.41, 5.74) is 5.75. The minimum Gasteiger partial charge on any atom is -0.384 e. The molecule has 2 heterocycles. The average Bonchev–Trinajstić information content (AvgIpc) is 2.79.